The molecule has 0 aliphatic carbocycles. The lowest BCUT2D eigenvalue weighted by Gasteiger charge is -2.20. The Morgan fingerprint density at radius 1 is 1.44 bits per heavy atom. The summed E-state index contributed by atoms with van der Waals surface area (Å²) in [5, 5.41) is 0.0588. The zero-order chi connectivity index (χ0) is 12.6. The van der Waals surface area contributed by atoms with Crippen molar-refractivity contribution in [2.45, 2.75) is 18.7 Å². The molecule has 0 saturated heterocycles. The molecule has 1 aromatic rings. The molecule has 1 atom stereocenters. The fourth-order valence-electron chi connectivity index (χ4n) is 1.24. The highest BCUT2D eigenvalue weighted by molar-refractivity contribution is 8.11. The summed E-state index contributed by atoms with van der Waals surface area (Å²) < 4.78 is 11.2. The van der Waals surface area contributed by atoms with E-state index in [1.54, 1.807) is 11.4 Å². The van der Waals surface area contributed by atoms with Crippen molar-refractivity contribution in [3.05, 3.63) is 21.9 Å². The van der Waals surface area contributed by atoms with E-state index >= 15 is 0 Å². The quantitative estimate of drug-likeness (QED) is 0.633. The number of rotatable bonds is 4. The lowest BCUT2D eigenvalue weighted by Crippen LogP contribution is -1.98. The van der Waals surface area contributed by atoms with Crippen LogP contribution in [0.1, 0.15) is 22.8 Å². The van der Waals surface area contributed by atoms with Gasteiger partial charge in [-0.1, -0.05) is 6.92 Å². The van der Waals surface area contributed by atoms with Crippen molar-refractivity contribution in [3.63, 3.8) is 0 Å². The Balaban J connectivity index is 3.23. The minimum Gasteiger partial charge on any atom is -0.344 e. The van der Waals surface area contributed by atoms with E-state index in [0.717, 1.165) is 16.9 Å². The molecular formula is C7H12O5P2S2. The van der Waals surface area contributed by atoms with Crippen LogP contribution in [0.4, 0.5) is 0 Å². The molecule has 0 radical (unpaired) electrons. The van der Waals surface area contributed by atoms with Gasteiger partial charge in [-0.2, -0.15) is 0 Å². The fourth-order valence-corrected chi connectivity index (χ4v) is 7.35. The first kappa shape index (κ1) is 14.5. The van der Waals surface area contributed by atoms with Crippen molar-refractivity contribution < 1.29 is 24.1 Å². The Labute approximate surface area is 102 Å². The maximum Gasteiger partial charge on any atom is 0.343 e. The minimum absolute atomic E-state index is 0.235. The van der Waals surface area contributed by atoms with Gasteiger partial charge in [0.1, 0.15) is 0 Å². The second kappa shape index (κ2) is 4.96. The van der Waals surface area contributed by atoms with Gasteiger partial charge in [-0.15, -0.1) is 11.3 Å². The minimum atomic E-state index is -4.66. The van der Waals surface area contributed by atoms with Gasteiger partial charge in [-0.25, -0.2) is 0 Å². The van der Waals surface area contributed by atoms with Crippen LogP contribution in [0.25, 0.3) is 0 Å². The molecule has 4 N–H and O–H groups in total. The van der Waals surface area contributed by atoms with E-state index in [4.69, 9.17) is 9.79 Å². The summed E-state index contributed by atoms with van der Waals surface area (Å²) in [5.74, 6) is 0. The van der Waals surface area contributed by atoms with E-state index < -0.39 is 19.5 Å². The Bertz CT molecular complexity index is 437. The number of aryl methyl sites for hydroxylation is 1. The molecule has 0 bridgehead atoms. The highest BCUT2D eigenvalue weighted by atomic mass is 32.5. The smallest absolute Gasteiger partial charge is 0.343 e. The molecule has 92 valence electrons. The number of hydrogen-bond acceptors (Lipinski definition) is 3. The van der Waals surface area contributed by atoms with E-state index in [1.165, 1.54) is 0 Å². The van der Waals surface area contributed by atoms with Crippen molar-refractivity contribution in [1.29, 1.82) is 0 Å². The van der Waals surface area contributed by atoms with Crippen LogP contribution in [-0.2, 0) is 22.8 Å². The third kappa shape index (κ3) is 3.45. The summed E-state index contributed by atoms with van der Waals surface area (Å²) in [4.78, 5) is 37.1. The molecule has 0 fully saturated rings. The van der Waals surface area contributed by atoms with E-state index in [-0.39, 0.29) is 4.88 Å². The van der Waals surface area contributed by atoms with Crippen molar-refractivity contribution in [2.24, 2.45) is 0 Å². The highest BCUT2D eigenvalue weighted by Crippen LogP contribution is 2.70. The molecule has 1 rings (SSSR count). The van der Waals surface area contributed by atoms with E-state index in [2.05, 4.69) is 11.8 Å². The van der Waals surface area contributed by atoms with Gasteiger partial charge in [0.05, 0.1) is 0 Å². The molecule has 0 aliphatic rings. The average molecular weight is 302 g/mol. The maximum absolute atomic E-state index is 11.2. The fraction of sp³-hybridized carbons (Fsp3) is 0.429. The summed E-state index contributed by atoms with van der Waals surface area (Å²) in [6.45, 7) is -2.14. The van der Waals surface area contributed by atoms with Gasteiger partial charge >= 0.3 is 7.60 Å². The molecule has 0 saturated carbocycles. The lowest BCUT2D eigenvalue weighted by molar-refractivity contribution is 0.363. The van der Waals surface area contributed by atoms with Crippen LogP contribution in [0.2, 0.25) is 0 Å². The monoisotopic (exact) mass is 302 g/mol. The predicted molar refractivity (Wildman–Crippen MR) is 67.2 cm³/mol. The van der Waals surface area contributed by atoms with Crippen LogP contribution >= 0.6 is 25.4 Å². The zero-order valence-corrected chi connectivity index (χ0v) is 11.8. The maximum atomic E-state index is 11.2. The van der Waals surface area contributed by atoms with Gasteiger partial charge in [0.15, 0.2) is 5.40 Å². The van der Waals surface area contributed by atoms with E-state index in [9.17, 15) is 14.4 Å². The second-order valence-electron chi connectivity index (χ2n) is 3.26. The summed E-state index contributed by atoms with van der Waals surface area (Å²) in [5.41, 5.74) is 0.891. The van der Waals surface area contributed by atoms with Gasteiger partial charge in [0, 0.05) is 4.88 Å². The number of hydrogen-bond donors (Lipinski definition) is 4. The SMILES string of the molecule is CCc1csc(C(P(=O)(O)O)P(O)(O)=S)c1. The van der Waals surface area contributed by atoms with Crippen molar-refractivity contribution >= 4 is 37.2 Å². The Morgan fingerprint density at radius 2 is 2.00 bits per heavy atom. The van der Waals surface area contributed by atoms with Gasteiger partial charge in [-0.3, -0.25) is 4.57 Å². The molecule has 9 heteroatoms. The topological polar surface area (TPSA) is 98.0 Å². The first-order chi connectivity index (χ1) is 7.16. The molecule has 0 spiro atoms. The summed E-state index contributed by atoms with van der Waals surface area (Å²) in [7, 11) is -4.66. The Kier molecular flexibility index (Phi) is 4.49. The first-order valence-electron chi connectivity index (χ1n) is 4.34. The van der Waals surface area contributed by atoms with Crippen LogP contribution in [0.5, 0.6) is 0 Å². The van der Waals surface area contributed by atoms with Crippen molar-refractivity contribution in [2.75, 3.05) is 0 Å². The second-order valence-corrected chi connectivity index (χ2v) is 9.61. The number of thiophene rings is 1. The third-order valence-corrected chi connectivity index (χ3v) is 8.17. The average Bonchev–Trinajstić information content (AvgIpc) is 2.47. The third-order valence-electron chi connectivity index (χ3n) is 1.97. The highest BCUT2D eigenvalue weighted by Gasteiger charge is 2.42. The van der Waals surface area contributed by atoms with Crippen LogP contribution in [0.3, 0.4) is 0 Å². The van der Waals surface area contributed by atoms with Gasteiger partial charge in [-0.05, 0) is 35.2 Å². The molecule has 1 unspecified atom stereocenters. The normalized spacial score (nSPS) is 15.1. The predicted octanol–water partition coefficient (Wildman–Crippen LogP) is 1.78. The molecule has 1 aromatic heterocycles. The molecule has 0 aliphatic heterocycles. The van der Waals surface area contributed by atoms with Crippen LogP contribution in [-0.4, -0.2) is 19.6 Å². The summed E-state index contributed by atoms with van der Waals surface area (Å²) >= 11 is 5.50. The van der Waals surface area contributed by atoms with Crippen molar-refractivity contribution in [1.82, 2.24) is 0 Å². The lowest BCUT2D eigenvalue weighted by atomic mass is 10.2. The Morgan fingerprint density at radius 3 is 2.31 bits per heavy atom. The van der Waals surface area contributed by atoms with Crippen molar-refractivity contribution in [3.8, 4) is 0 Å². The van der Waals surface area contributed by atoms with E-state index in [1.807, 2.05) is 6.92 Å². The largest absolute Gasteiger partial charge is 0.344 e. The molecule has 1 heterocycles. The van der Waals surface area contributed by atoms with Crippen LogP contribution in [0.15, 0.2) is 11.4 Å². The first-order valence-corrected chi connectivity index (χ1v) is 9.67. The molecule has 16 heavy (non-hydrogen) atoms. The van der Waals surface area contributed by atoms with Gasteiger partial charge < -0.3 is 19.6 Å². The summed E-state index contributed by atoms with van der Waals surface area (Å²) in [6.07, 6.45) is 0.712. The molecule has 0 aromatic carbocycles. The van der Waals surface area contributed by atoms with Gasteiger partial charge in [0.2, 0.25) is 6.49 Å². The van der Waals surface area contributed by atoms with Crippen LogP contribution < -0.4 is 0 Å². The zero-order valence-electron chi connectivity index (χ0n) is 8.35. The standard InChI is InChI=1S/C7H12O5P2S2/c1-2-5-3-6(16-4-5)7(13(8,9)10)14(11,12)15/h3-4,7H,2H2,1H3,(H2,8,9,10)(H2,11,12,15). The molecule has 5 nitrogen and oxygen atoms in total. The van der Waals surface area contributed by atoms with E-state index in [0.29, 0.717) is 6.42 Å². The molecular weight excluding hydrogens is 290 g/mol. The summed E-state index contributed by atoms with van der Waals surface area (Å²) in [6, 6.07) is 1.56. The molecule has 0 amide bonds. The Hall–Kier alpha value is 0.420. The van der Waals surface area contributed by atoms with Gasteiger partial charge in [0.25, 0.3) is 0 Å². The van der Waals surface area contributed by atoms with Crippen LogP contribution in [0, 0.1) is 0 Å².